The number of para-hydroxylation sites is 1. The van der Waals surface area contributed by atoms with Crippen molar-refractivity contribution in [3.63, 3.8) is 0 Å². The van der Waals surface area contributed by atoms with E-state index in [0.717, 1.165) is 0 Å². The molecule has 5 nitrogen and oxygen atoms in total. The molecule has 0 amide bonds. The van der Waals surface area contributed by atoms with Crippen LogP contribution in [-0.2, 0) is 6.54 Å². The fourth-order valence-corrected chi connectivity index (χ4v) is 1.82. The fraction of sp³-hybridized carbons (Fsp3) is 0.143. The number of rotatable bonds is 4. The van der Waals surface area contributed by atoms with Crippen LogP contribution in [-0.4, -0.2) is 16.2 Å². The third-order valence-electron chi connectivity index (χ3n) is 2.77. The number of nitrogens with zero attached hydrogens (tertiary/aromatic N) is 2. The molecule has 0 aliphatic rings. The van der Waals surface area contributed by atoms with Crippen LogP contribution in [0.1, 0.15) is 0 Å². The van der Waals surface area contributed by atoms with Gasteiger partial charge in [-0.2, -0.15) is 0 Å². The second-order valence-corrected chi connectivity index (χ2v) is 4.07. The van der Waals surface area contributed by atoms with Gasteiger partial charge in [-0.1, -0.05) is 12.1 Å². The Morgan fingerprint density at radius 1 is 1.32 bits per heavy atom. The number of benzene rings is 1. The first kappa shape index (κ1) is 11.5. The maximum absolute atomic E-state index is 11.8. The van der Waals surface area contributed by atoms with E-state index in [-0.39, 0.29) is 11.4 Å². The van der Waals surface area contributed by atoms with Crippen LogP contribution < -0.4 is 10.2 Å². The first-order chi connectivity index (χ1) is 9.33. The van der Waals surface area contributed by atoms with E-state index in [2.05, 4.69) is 4.98 Å². The molecular formula is C14H12N2O3. The molecule has 3 aromatic rings. The van der Waals surface area contributed by atoms with Crippen molar-refractivity contribution < 1.29 is 9.15 Å². The fourth-order valence-electron chi connectivity index (χ4n) is 1.82. The quantitative estimate of drug-likeness (QED) is 0.717. The lowest BCUT2D eigenvalue weighted by atomic mass is 10.2. The van der Waals surface area contributed by atoms with Gasteiger partial charge in [-0.3, -0.25) is 4.79 Å². The van der Waals surface area contributed by atoms with Gasteiger partial charge in [0.15, 0.2) is 5.43 Å². The molecule has 96 valence electrons. The van der Waals surface area contributed by atoms with E-state index < -0.39 is 0 Å². The van der Waals surface area contributed by atoms with Crippen LogP contribution in [0.2, 0.25) is 0 Å². The Labute approximate surface area is 109 Å². The molecule has 1 aromatic carbocycles. The Kier molecular flexibility index (Phi) is 3.02. The molecule has 0 N–H and O–H groups in total. The normalized spacial score (nSPS) is 10.7. The summed E-state index contributed by atoms with van der Waals surface area (Å²) in [5, 5.41) is 0.560. The van der Waals surface area contributed by atoms with Crippen molar-refractivity contribution in [3.8, 4) is 5.95 Å². The van der Waals surface area contributed by atoms with Crippen molar-refractivity contribution >= 4 is 11.0 Å². The van der Waals surface area contributed by atoms with Crippen molar-refractivity contribution in [1.82, 2.24) is 9.55 Å². The van der Waals surface area contributed by atoms with Crippen LogP contribution in [0.15, 0.2) is 58.3 Å². The Hall–Kier alpha value is -2.56. The van der Waals surface area contributed by atoms with Gasteiger partial charge in [0.2, 0.25) is 0 Å². The summed E-state index contributed by atoms with van der Waals surface area (Å²) >= 11 is 0. The monoisotopic (exact) mass is 256 g/mol. The molecule has 0 unspecified atom stereocenters. The summed E-state index contributed by atoms with van der Waals surface area (Å²) in [6, 6.07) is 8.48. The highest BCUT2D eigenvalue weighted by Crippen LogP contribution is 2.16. The standard InChI is InChI=1S/C14H12N2O3/c17-12-9-14(18-8-7-16-6-5-15-10-16)19-13-4-2-1-3-11(12)13/h1-6,9-10H,7-8H2. The second-order valence-electron chi connectivity index (χ2n) is 4.07. The van der Waals surface area contributed by atoms with Crippen LogP contribution in [0.5, 0.6) is 5.95 Å². The molecule has 0 fully saturated rings. The van der Waals surface area contributed by atoms with E-state index >= 15 is 0 Å². The predicted molar refractivity (Wildman–Crippen MR) is 70.2 cm³/mol. The van der Waals surface area contributed by atoms with Crippen LogP contribution in [0, 0.1) is 0 Å². The van der Waals surface area contributed by atoms with Gasteiger partial charge in [0, 0.05) is 12.4 Å². The number of aromatic nitrogens is 2. The average Bonchev–Trinajstić information content (AvgIpc) is 2.92. The molecule has 2 aromatic heterocycles. The zero-order valence-corrected chi connectivity index (χ0v) is 10.2. The minimum absolute atomic E-state index is 0.0977. The Morgan fingerprint density at radius 3 is 3.05 bits per heavy atom. The highest BCUT2D eigenvalue weighted by atomic mass is 16.6. The zero-order chi connectivity index (χ0) is 13.1. The van der Waals surface area contributed by atoms with Crippen molar-refractivity contribution in [2.24, 2.45) is 0 Å². The lowest BCUT2D eigenvalue weighted by molar-refractivity contribution is 0.234. The average molecular weight is 256 g/mol. The summed E-state index contributed by atoms with van der Waals surface area (Å²) in [5.74, 6) is 0.240. The Balaban J connectivity index is 1.76. The molecule has 0 bridgehead atoms. The number of hydrogen-bond acceptors (Lipinski definition) is 4. The van der Waals surface area contributed by atoms with Gasteiger partial charge in [0.05, 0.1) is 24.3 Å². The third-order valence-corrected chi connectivity index (χ3v) is 2.77. The molecule has 5 heteroatoms. The van der Waals surface area contributed by atoms with Gasteiger partial charge in [-0.05, 0) is 12.1 Å². The Bertz CT molecular complexity index is 732. The lowest BCUT2D eigenvalue weighted by Crippen LogP contribution is -2.08. The summed E-state index contributed by atoms with van der Waals surface area (Å²) in [5.41, 5.74) is 0.437. The zero-order valence-electron chi connectivity index (χ0n) is 10.2. The number of hydrogen-bond donors (Lipinski definition) is 0. The van der Waals surface area contributed by atoms with Crippen LogP contribution in [0.4, 0.5) is 0 Å². The topological polar surface area (TPSA) is 57.3 Å². The van der Waals surface area contributed by atoms with Gasteiger partial charge in [-0.15, -0.1) is 0 Å². The van der Waals surface area contributed by atoms with Crippen molar-refractivity contribution in [2.45, 2.75) is 6.54 Å². The molecule has 0 radical (unpaired) electrons. The van der Waals surface area contributed by atoms with E-state index in [9.17, 15) is 4.79 Å². The number of imidazole rings is 1. The molecule has 2 heterocycles. The highest BCUT2D eigenvalue weighted by Gasteiger charge is 2.04. The van der Waals surface area contributed by atoms with Gasteiger partial charge < -0.3 is 13.7 Å². The van der Waals surface area contributed by atoms with Gasteiger partial charge in [0.1, 0.15) is 12.2 Å². The van der Waals surface area contributed by atoms with Crippen molar-refractivity contribution in [2.75, 3.05) is 6.61 Å². The van der Waals surface area contributed by atoms with Gasteiger partial charge in [0.25, 0.3) is 5.95 Å². The number of fused-ring (bicyclic) bond motifs is 1. The van der Waals surface area contributed by atoms with E-state index in [0.29, 0.717) is 24.1 Å². The van der Waals surface area contributed by atoms with Crippen LogP contribution in [0.25, 0.3) is 11.0 Å². The van der Waals surface area contributed by atoms with E-state index in [1.54, 1.807) is 30.7 Å². The van der Waals surface area contributed by atoms with Gasteiger partial charge >= 0.3 is 0 Å². The summed E-state index contributed by atoms with van der Waals surface area (Å²) in [4.78, 5) is 15.8. The van der Waals surface area contributed by atoms with Crippen molar-refractivity contribution in [1.29, 1.82) is 0 Å². The predicted octanol–water partition coefficient (Wildman–Crippen LogP) is 2.07. The van der Waals surface area contributed by atoms with E-state index in [1.165, 1.54) is 6.07 Å². The Morgan fingerprint density at radius 2 is 2.21 bits per heavy atom. The third kappa shape index (κ3) is 2.49. The van der Waals surface area contributed by atoms with E-state index in [4.69, 9.17) is 9.15 Å². The maximum atomic E-state index is 11.8. The molecule has 0 aliphatic heterocycles. The van der Waals surface area contributed by atoms with Crippen LogP contribution in [0.3, 0.4) is 0 Å². The lowest BCUT2D eigenvalue weighted by Gasteiger charge is -2.06. The molecule has 0 saturated carbocycles. The molecule has 3 rings (SSSR count). The highest BCUT2D eigenvalue weighted by molar-refractivity contribution is 5.76. The minimum Gasteiger partial charge on any atom is -0.463 e. The molecule has 0 atom stereocenters. The molecular weight excluding hydrogens is 244 g/mol. The van der Waals surface area contributed by atoms with Crippen molar-refractivity contribution in [3.05, 3.63) is 59.3 Å². The smallest absolute Gasteiger partial charge is 0.288 e. The summed E-state index contributed by atoms with van der Waals surface area (Å²) < 4.78 is 12.9. The summed E-state index contributed by atoms with van der Waals surface area (Å²) in [6.45, 7) is 1.06. The van der Waals surface area contributed by atoms with E-state index in [1.807, 2.05) is 16.8 Å². The molecule has 0 spiro atoms. The van der Waals surface area contributed by atoms with Crippen LogP contribution >= 0.6 is 0 Å². The molecule has 19 heavy (non-hydrogen) atoms. The SMILES string of the molecule is O=c1cc(OCCn2ccnc2)oc2ccccc12. The summed E-state index contributed by atoms with van der Waals surface area (Å²) in [7, 11) is 0. The largest absolute Gasteiger partial charge is 0.463 e. The minimum atomic E-state index is -0.0977. The maximum Gasteiger partial charge on any atom is 0.288 e. The molecule has 0 aliphatic carbocycles. The summed E-state index contributed by atoms with van der Waals surface area (Å²) in [6.07, 6.45) is 5.26. The molecule has 0 saturated heterocycles. The first-order valence-electron chi connectivity index (χ1n) is 5.94. The second kappa shape index (κ2) is 4.97. The number of ether oxygens (including phenoxy) is 1. The first-order valence-corrected chi connectivity index (χ1v) is 5.94. The van der Waals surface area contributed by atoms with Gasteiger partial charge in [-0.25, -0.2) is 4.98 Å².